The van der Waals surface area contributed by atoms with Crippen LogP contribution in [0.25, 0.3) is 0 Å². The highest BCUT2D eigenvalue weighted by Crippen LogP contribution is 2.46. The van der Waals surface area contributed by atoms with E-state index in [4.69, 9.17) is 14.2 Å². The minimum absolute atomic E-state index is 0.109. The average Bonchev–Trinajstić information content (AvgIpc) is 2.70. The first-order chi connectivity index (χ1) is 13.9. The zero-order valence-electron chi connectivity index (χ0n) is 16.7. The van der Waals surface area contributed by atoms with Crippen molar-refractivity contribution in [3.8, 4) is 17.2 Å². The Morgan fingerprint density at radius 1 is 0.862 bits per heavy atom. The van der Waals surface area contributed by atoms with Crippen molar-refractivity contribution in [2.24, 2.45) is 0 Å². The van der Waals surface area contributed by atoms with Crippen LogP contribution in [0, 0.1) is 0 Å². The number of carbonyl (C=O) groups excluding carboxylic acids is 1. The van der Waals surface area contributed by atoms with Crippen LogP contribution in [0.3, 0.4) is 0 Å². The number of carbonyl (C=O) groups is 1. The van der Waals surface area contributed by atoms with E-state index in [2.05, 4.69) is 12.1 Å². The lowest BCUT2D eigenvalue weighted by molar-refractivity contribution is -0.157. The number of hydrogen-bond donors (Lipinski definition) is 0. The van der Waals surface area contributed by atoms with Crippen molar-refractivity contribution in [3.05, 3.63) is 72.8 Å². The molecule has 29 heavy (non-hydrogen) atoms. The van der Waals surface area contributed by atoms with Crippen LogP contribution in [0.5, 0.6) is 17.2 Å². The number of rotatable bonds is 4. The lowest BCUT2D eigenvalue weighted by Crippen LogP contribution is -2.27. The van der Waals surface area contributed by atoms with Crippen LogP contribution >= 0.6 is 0 Å². The predicted molar refractivity (Wildman–Crippen MR) is 113 cm³/mol. The second-order valence-electron chi connectivity index (χ2n) is 7.65. The van der Waals surface area contributed by atoms with Crippen molar-refractivity contribution in [2.45, 2.75) is 41.1 Å². The van der Waals surface area contributed by atoms with Crippen LogP contribution in [-0.2, 0) is 20.4 Å². The maximum atomic E-state index is 11.9. The average molecular weight is 408 g/mol. The largest absolute Gasteiger partial charge is 0.482 e. The predicted octanol–water partition coefficient (Wildman–Crippen LogP) is 5.61. The number of fused-ring (bicyclic) bond motifs is 2. The van der Waals surface area contributed by atoms with Crippen LogP contribution in [0.2, 0.25) is 0 Å². The Kier molecular flexibility index (Phi) is 5.24. The first-order valence-corrected chi connectivity index (χ1v) is 10.7. The van der Waals surface area contributed by atoms with Crippen LogP contribution in [-0.4, -0.2) is 18.2 Å². The Balaban J connectivity index is 1.56. The third kappa shape index (κ3) is 4.40. The second kappa shape index (κ2) is 7.84. The lowest BCUT2D eigenvalue weighted by atomic mass is 10.2. The fourth-order valence-corrected chi connectivity index (χ4v) is 5.29. The number of hydrogen-bond acceptors (Lipinski definition) is 4. The fourth-order valence-electron chi connectivity index (χ4n) is 3.08. The molecule has 148 valence electrons. The van der Waals surface area contributed by atoms with Gasteiger partial charge in [0.05, 0.1) is 0 Å². The summed E-state index contributed by atoms with van der Waals surface area (Å²) in [6.45, 7) is 5.40. The van der Waals surface area contributed by atoms with Crippen LogP contribution in [0.4, 0.5) is 0 Å². The van der Waals surface area contributed by atoms with E-state index in [0.717, 1.165) is 26.2 Å². The van der Waals surface area contributed by atoms with E-state index < -0.39 is 5.60 Å². The Labute approximate surface area is 173 Å². The minimum Gasteiger partial charge on any atom is -0.482 e. The molecule has 0 saturated heterocycles. The number of esters is 1. The van der Waals surface area contributed by atoms with Crippen LogP contribution in [0.1, 0.15) is 20.8 Å². The second-order valence-corrected chi connectivity index (χ2v) is 9.61. The molecule has 1 heterocycles. The summed E-state index contributed by atoms with van der Waals surface area (Å²) in [5.41, 5.74) is -0.519. The number of benzene rings is 3. The topological polar surface area (TPSA) is 44.8 Å². The molecule has 0 radical (unpaired) electrons. The normalized spacial score (nSPS) is 13.1. The van der Waals surface area contributed by atoms with Gasteiger partial charge in [0.1, 0.15) is 22.2 Å². The van der Waals surface area contributed by atoms with Crippen molar-refractivity contribution in [2.75, 3.05) is 6.61 Å². The third-order valence-corrected chi connectivity index (χ3v) is 6.49. The van der Waals surface area contributed by atoms with Gasteiger partial charge in [-0.05, 0) is 69.3 Å². The van der Waals surface area contributed by atoms with Gasteiger partial charge in [-0.1, -0.05) is 24.3 Å². The van der Waals surface area contributed by atoms with E-state index in [9.17, 15) is 4.79 Å². The van der Waals surface area contributed by atoms with Gasteiger partial charge in [0, 0.05) is 0 Å². The highest BCUT2D eigenvalue weighted by Gasteiger charge is 2.38. The van der Waals surface area contributed by atoms with E-state index in [1.807, 2.05) is 81.4 Å². The molecular weight excluding hydrogens is 384 g/mol. The first kappa shape index (κ1) is 19.4. The molecule has 1 aliphatic rings. The van der Waals surface area contributed by atoms with E-state index in [1.165, 1.54) is 0 Å². The highest BCUT2D eigenvalue weighted by molar-refractivity contribution is 7.97. The molecule has 3 aromatic carbocycles. The van der Waals surface area contributed by atoms with Crippen molar-refractivity contribution >= 4 is 16.9 Å². The molecule has 0 amide bonds. The standard InChI is InChI=1S/C24H23O4S/c1-24(2,3)28-23(25)16-26-17-12-14-18(15-13-17)29-21-10-6-4-8-19(21)27-20-9-5-7-11-22(20)29/h4-15H,16H2,1-3H3/q+1. The highest BCUT2D eigenvalue weighted by atomic mass is 32.2. The summed E-state index contributed by atoms with van der Waals surface area (Å²) in [5.74, 6) is 2.04. The molecule has 3 aromatic rings. The zero-order chi connectivity index (χ0) is 20.4. The van der Waals surface area contributed by atoms with E-state index in [0.29, 0.717) is 5.75 Å². The molecule has 0 saturated carbocycles. The van der Waals surface area contributed by atoms with Gasteiger partial charge in [0.2, 0.25) is 9.79 Å². The molecule has 0 unspecified atom stereocenters. The molecule has 4 rings (SSSR count). The van der Waals surface area contributed by atoms with Crippen molar-refractivity contribution in [1.29, 1.82) is 0 Å². The van der Waals surface area contributed by atoms with Gasteiger partial charge in [-0.25, -0.2) is 4.79 Å². The summed E-state index contributed by atoms with van der Waals surface area (Å²) in [7, 11) is -0.264. The van der Waals surface area contributed by atoms with Crippen LogP contribution < -0.4 is 9.47 Å². The number of ether oxygens (including phenoxy) is 3. The molecule has 1 aliphatic heterocycles. The summed E-state index contributed by atoms with van der Waals surface area (Å²) in [6.07, 6.45) is 0. The van der Waals surface area contributed by atoms with Crippen molar-refractivity contribution in [3.63, 3.8) is 0 Å². The third-order valence-electron chi connectivity index (χ3n) is 4.19. The summed E-state index contributed by atoms with van der Waals surface area (Å²) >= 11 is 0. The Morgan fingerprint density at radius 2 is 1.41 bits per heavy atom. The van der Waals surface area contributed by atoms with Gasteiger partial charge in [-0.15, -0.1) is 0 Å². The molecule has 5 heteroatoms. The molecule has 0 N–H and O–H groups in total. The fraction of sp³-hybridized carbons (Fsp3) is 0.208. The van der Waals surface area contributed by atoms with Gasteiger partial charge in [0.15, 0.2) is 23.0 Å². The molecule has 0 fully saturated rings. The Morgan fingerprint density at radius 3 is 1.97 bits per heavy atom. The summed E-state index contributed by atoms with van der Waals surface area (Å²) in [4.78, 5) is 15.3. The molecule has 0 atom stereocenters. The number of para-hydroxylation sites is 2. The monoisotopic (exact) mass is 407 g/mol. The first-order valence-electron chi connectivity index (χ1n) is 9.46. The van der Waals surface area contributed by atoms with E-state index in [-0.39, 0.29) is 23.5 Å². The van der Waals surface area contributed by atoms with Gasteiger partial charge in [-0.2, -0.15) is 0 Å². The maximum absolute atomic E-state index is 11.9. The van der Waals surface area contributed by atoms with Crippen molar-refractivity contribution in [1.82, 2.24) is 0 Å². The Hall–Kier alpha value is -2.92. The molecule has 0 bridgehead atoms. The lowest BCUT2D eigenvalue weighted by Gasteiger charge is -2.20. The maximum Gasteiger partial charge on any atom is 0.344 e. The van der Waals surface area contributed by atoms with E-state index >= 15 is 0 Å². The van der Waals surface area contributed by atoms with Crippen LogP contribution in [0.15, 0.2) is 87.5 Å². The summed E-state index contributed by atoms with van der Waals surface area (Å²) < 4.78 is 17.0. The smallest absolute Gasteiger partial charge is 0.344 e. The molecule has 0 spiro atoms. The SMILES string of the molecule is CC(C)(C)OC(=O)COc1ccc([S+]2c3ccccc3Oc3ccccc32)cc1. The molecular formula is C24H23O4S+. The van der Waals surface area contributed by atoms with E-state index in [1.54, 1.807) is 0 Å². The quantitative estimate of drug-likeness (QED) is 0.326. The zero-order valence-corrected chi connectivity index (χ0v) is 17.5. The van der Waals surface area contributed by atoms with Gasteiger partial charge < -0.3 is 14.2 Å². The summed E-state index contributed by atoms with van der Waals surface area (Å²) in [6, 6.07) is 24.2. The Bertz CT molecular complexity index is 976. The molecule has 0 aromatic heterocycles. The molecule has 0 aliphatic carbocycles. The summed E-state index contributed by atoms with van der Waals surface area (Å²) in [5, 5.41) is 0. The van der Waals surface area contributed by atoms with Crippen molar-refractivity contribution < 1.29 is 19.0 Å². The van der Waals surface area contributed by atoms with Gasteiger partial charge in [-0.3, -0.25) is 0 Å². The molecule has 4 nitrogen and oxygen atoms in total. The van der Waals surface area contributed by atoms with Gasteiger partial charge in [0.25, 0.3) is 0 Å². The minimum atomic E-state index is -0.519. The van der Waals surface area contributed by atoms with Gasteiger partial charge >= 0.3 is 5.97 Å².